The molecule has 0 radical (unpaired) electrons. The third kappa shape index (κ3) is 2.94. The van der Waals surface area contributed by atoms with E-state index in [9.17, 15) is 4.79 Å². The lowest BCUT2D eigenvalue weighted by atomic mass is 9.75. The first kappa shape index (κ1) is 18.4. The van der Waals surface area contributed by atoms with Crippen molar-refractivity contribution in [3.63, 3.8) is 0 Å². The molecule has 0 fully saturated rings. The number of anilines is 1. The van der Waals surface area contributed by atoms with Gasteiger partial charge in [0.1, 0.15) is 12.1 Å². The van der Waals surface area contributed by atoms with Crippen LogP contribution >= 0.6 is 0 Å². The molecule has 1 aromatic heterocycles. The van der Waals surface area contributed by atoms with Crippen molar-refractivity contribution in [3.8, 4) is 11.5 Å². The van der Waals surface area contributed by atoms with Gasteiger partial charge in [0.15, 0.2) is 11.5 Å². The molecule has 2 heterocycles. The number of Topliss-reactive ketones (excluding diaryl/α,β-unsaturated/α-hetero) is 1. The van der Waals surface area contributed by atoms with Crippen LogP contribution in [-0.2, 0) is 4.79 Å². The van der Waals surface area contributed by atoms with Crippen LogP contribution in [0.2, 0.25) is 0 Å². The normalized spacial score (nSPS) is 22.4. The molecule has 7 heteroatoms. The van der Waals surface area contributed by atoms with Crippen LogP contribution in [0.15, 0.2) is 66.6 Å². The number of fused-ring (bicyclic) bond motifs is 2. The molecule has 3 aromatic rings. The molecule has 152 valence electrons. The van der Waals surface area contributed by atoms with Gasteiger partial charge in [-0.2, -0.15) is 10.1 Å². The summed E-state index contributed by atoms with van der Waals surface area (Å²) < 4.78 is 12.6. The number of carbonyl (C=O) groups excluding carboxylic acids is 1. The summed E-state index contributed by atoms with van der Waals surface area (Å²) in [5, 5.41) is 7.74. The topological polar surface area (TPSA) is 78.3 Å². The third-order valence-electron chi connectivity index (χ3n) is 5.87. The Morgan fingerprint density at radius 1 is 1.03 bits per heavy atom. The van der Waals surface area contributed by atoms with Crippen LogP contribution in [-0.4, -0.2) is 34.8 Å². The van der Waals surface area contributed by atoms with Gasteiger partial charge in [-0.1, -0.05) is 42.5 Å². The van der Waals surface area contributed by atoms with Crippen molar-refractivity contribution < 1.29 is 14.3 Å². The Bertz CT molecular complexity index is 1120. The summed E-state index contributed by atoms with van der Waals surface area (Å²) in [4.78, 5) is 17.8. The molecule has 1 aliphatic heterocycles. The lowest BCUT2D eigenvalue weighted by Gasteiger charge is -2.38. The maximum absolute atomic E-state index is 13.4. The summed E-state index contributed by atoms with van der Waals surface area (Å²) >= 11 is 0. The van der Waals surface area contributed by atoms with Gasteiger partial charge in [-0.25, -0.2) is 4.68 Å². The molecule has 0 amide bonds. The van der Waals surface area contributed by atoms with Crippen molar-refractivity contribution in [1.82, 2.24) is 14.8 Å². The summed E-state index contributed by atoms with van der Waals surface area (Å²) in [5.41, 5.74) is 2.93. The highest BCUT2D eigenvalue weighted by atomic mass is 16.5. The van der Waals surface area contributed by atoms with E-state index in [-0.39, 0.29) is 23.7 Å². The number of methoxy groups -OCH3 is 2. The molecule has 0 spiro atoms. The van der Waals surface area contributed by atoms with Gasteiger partial charge in [-0.3, -0.25) is 4.79 Å². The molecule has 7 nitrogen and oxygen atoms in total. The fourth-order valence-electron chi connectivity index (χ4n) is 4.46. The molecule has 3 atom stereocenters. The zero-order chi connectivity index (χ0) is 20.7. The number of ether oxygens (including phenoxy) is 2. The molecule has 30 heavy (non-hydrogen) atoms. The van der Waals surface area contributed by atoms with Crippen LogP contribution in [0, 0.1) is 5.92 Å². The van der Waals surface area contributed by atoms with Crippen molar-refractivity contribution >= 4 is 11.7 Å². The number of aromatic nitrogens is 3. The highest BCUT2D eigenvalue weighted by Gasteiger charge is 2.43. The Kier molecular flexibility index (Phi) is 4.50. The molecular formula is C23H22N4O3. The van der Waals surface area contributed by atoms with E-state index < -0.39 is 0 Å². The second-order valence-corrected chi connectivity index (χ2v) is 7.50. The van der Waals surface area contributed by atoms with Gasteiger partial charge in [0.2, 0.25) is 5.95 Å². The van der Waals surface area contributed by atoms with Crippen molar-refractivity contribution in [2.24, 2.45) is 5.92 Å². The summed E-state index contributed by atoms with van der Waals surface area (Å²) in [6.07, 6.45) is 4.12. The maximum atomic E-state index is 13.4. The average molecular weight is 402 g/mol. The van der Waals surface area contributed by atoms with Crippen LogP contribution in [0.4, 0.5) is 5.95 Å². The molecule has 0 bridgehead atoms. The van der Waals surface area contributed by atoms with Crippen LogP contribution in [0.3, 0.4) is 0 Å². The smallest absolute Gasteiger partial charge is 0.226 e. The Hall–Kier alpha value is -3.61. The first-order valence-corrected chi connectivity index (χ1v) is 9.87. The first-order valence-electron chi connectivity index (χ1n) is 9.87. The van der Waals surface area contributed by atoms with Crippen LogP contribution in [0.25, 0.3) is 0 Å². The van der Waals surface area contributed by atoms with E-state index in [0.29, 0.717) is 23.9 Å². The largest absolute Gasteiger partial charge is 0.493 e. The molecular weight excluding hydrogens is 380 g/mol. The summed E-state index contributed by atoms with van der Waals surface area (Å²) in [6, 6.07) is 15.5. The lowest BCUT2D eigenvalue weighted by molar-refractivity contribution is -0.123. The highest BCUT2D eigenvalue weighted by molar-refractivity contribution is 5.88. The number of benzene rings is 2. The average Bonchev–Trinajstić information content (AvgIpc) is 3.25. The van der Waals surface area contributed by atoms with E-state index in [1.807, 2.05) is 36.4 Å². The third-order valence-corrected chi connectivity index (χ3v) is 5.87. The van der Waals surface area contributed by atoms with Gasteiger partial charge in [0.25, 0.3) is 0 Å². The molecule has 1 aliphatic carbocycles. The zero-order valence-electron chi connectivity index (χ0n) is 16.8. The number of allylic oxidation sites excluding steroid dienone is 2. The second kappa shape index (κ2) is 7.33. The van der Waals surface area contributed by atoms with Crippen molar-refractivity contribution in [2.45, 2.75) is 18.4 Å². The highest BCUT2D eigenvalue weighted by Crippen LogP contribution is 2.45. The van der Waals surface area contributed by atoms with Crippen molar-refractivity contribution in [3.05, 3.63) is 77.8 Å². The summed E-state index contributed by atoms with van der Waals surface area (Å²) in [5.74, 6) is 1.74. The quantitative estimate of drug-likeness (QED) is 0.719. The van der Waals surface area contributed by atoms with Gasteiger partial charge in [-0.15, -0.1) is 0 Å². The Labute approximate surface area is 174 Å². The number of ketones is 1. The van der Waals surface area contributed by atoms with Crippen molar-refractivity contribution in [1.29, 1.82) is 0 Å². The molecule has 2 aromatic carbocycles. The predicted octanol–water partition coefficient (Wildman–Crippen LogP) is 3.57. The molecule has 0 unspecified atom stereocenters. The number of nitrogens with zero attached hydrogens (tertiary/aromatic N) is 3. The van der Waals surface area contributed by atoms with Gasteiger partial charge in [-0.05, 0) is 23.3 Å². The minimum absolute atomic E-state index is 0.0398. The monoisotopic (exact) mass is 402 g/mol. The first-order chi connectivity index (χ1) is 14.7. The summed E-state index contributed by atoms with van der Waals surface area (Å²) in [7, 11) is 3.21. The number of hydrogen-bond acceptors (Lipinski definition) is 6. The van der Waals surface area contributed by atoms with Crippen molar-refractivity contribution in [2.75, 3.05) is 19.5 Å². The molecule has 0 saturated carbocycles. The van der Waals surface area contributed by atoms with Gasteiger partial charge >= 0.3 is 0 Å². The summed E-state index contributed by atoms with van der Waals surface area (Å²) in [6.45, 7) is 0. The minimum atomic E-state index is -0.364. The van der Waals surface area contributed by atoms with E-state index in [2.05, 4.69) is 33.6 Å². The van der Waals surface area contributed by atoms with E-state index >= 15 is 0 Å². The number of carbonyl (C=O) groups is 1. The zero-order valence-corrected chi connectivity index (χ0v) is 16.8. The van der Waals surface area contributed by atoms with Gasteiger partial charge < -0.3 is 14.8 Å². The fourth-order valence-corrected chi connectivity index (χ4v) is 4.46. The van der Waals surface area contributed by atoms with Crippen LogP contribution < -0.4 is 14.8 Å². The standard InChI is InChI=1S/C23H22N4O3/c1-29-19-9-8-15(12-20(19)30-2)22-21-17(26-23-24-13-25-27(22)23)10-16(11-18(21)28)14-6-4-3-5-7-14/h3-10,12-13,16,21-22H,11H2,1-2H3,(H,24,25,26)/t16-,21+,22+/m0/s1. The van der Waals surface area contributed by atoms with Crippen LogP contribution in [0.5, 0.6) is 11.5 Å². The molecule has 5 rings (SSSR count). The Morgan fingerprint density at radius 2 is 1.83 bits per heavy atom. The van der Waals surface area contributed by atoms with E-state index in [4.69, 9.17) is 9.47 Å². The van der Waals surface area contributed by atoms with Gasteiger partial charge in [0.05, 0.1) is 26.2 Å². The van der Waals surface area contributed by atoms with Gasteiger partial charge in [0, 0.05) is 18.0 Å². The SMILES string of the molecule is COc1ccc([C@@H]2[C@H]3C(=O)C[C@@H](c4ccccc4)C=C3Nc3ncnn32)cc1OC. The van der Waals surface area contributed by atoms with E-state index in [0.717, 1.165) is 16.8 Å². The maximum Gasteiger partial charge on any atom is 0.226 e. The number of rotatable bonds is 4. The number of nitrogens with one attached hydrogen (secondary N) is 1. The van der Waals surface area contributed by atoms with Crippen LogP contribution in [0.1, 0.15) is 29.5 Å². The molecule has 0 saturated heterocycles. The minimum Gasteiger partial charge on any atom is -0.493 e. The fraction of sp³-hybridized carbons (Fsp3) is 0.261. The Morgan fingerprint density at radius 3 is 2.60 bits per heavy atom. The van der Waals surface area contributed by atoms with E-state index in [1.54, 1.807) is 18.9 Å². The predicted molar refractivity (Wildman–Crippen MR) is 112 cm³/mol. The number of hydrogen-bond donors (Lipinski definition) is 1. The Balaban J connectivity index is 1.61. The molecule has 2 aliphatic rings. The molecule has 1 N–H and O–H groups in total. The second-order valence-electron chi connectivity index (χ2n) is 7.50. The van der Waals surface area contributed by atoms with E-state index in [1.165, 1.54) is 6.33 Å². The lowest BCUT2D eigenvalue weighted by Crippen LogP contribution is -2.40.